The van der Waals surface area contributed by atoms with Crippen LogP contribution in [0.2, 0.25) is 0 Å². The number of pyridine rings is 1. The number of hydrogen-bond acceptors (Lipinski definition) is 3. The van der Waals surface area contributed by atoms with Crippen LogP contribution in [0.1, 0.15) is 16.1 Å². The van der Waals surface area contributed by atoms with Gasteiger partial charge in [0.05, 0.1) is 5.56 Å². The standard InChI is InChI=1S/C9H11N5O/c1-7-8(3-2-4-11-7)9(15)12-5-6-13-14-10/h2-4H,5-6H2,1H3,(H,12,15). The molecule has 1 N–H and O–H groups in total. The third-order valence-corrected chi connectivity index (χ3v) is 1.81. The average Bonchev–Trinajstić information content (AvgIpc) is 2.25. The Morgan fingerprint density at radius 3 is 3.20 bits per heavy atom. The molecule has 1 heterocycles. The topological polar surface area (TPSA) is 90.8 Å². The highest BCUT2D eigenvalue weighted by molar-refractivity contribution is 5.95. The van der Waals surface area contributed by atoms with Crippen molar-refractivity contribution in [1.82, 2.24) is 10.3 Å². The summed E-state index contributed by atoms with van der Waals surface area (Å²) in [5.74, 6) is -0.200. The molecule has 0 radical (unpaired) electrons. The summed E-state index contributed by atoms with van der Waals surface area (Å²) in [6.45, 7) is 2.35. The zero-order valence-corrected chi connectivity index (χ0v) is 8.34. The van der Waals surface area contributed by atoms with Gasteiger partial charge in [-0.1, -0.05) is 5.11 Å². The molecule has 0 aliphatic heterocycles. The van der Waals surface area contributed by atoms with Crippen LogP contribution in [0.5, 0.6) is 0 Å². The lowest BCUT2D eigenvalue weighted by Crippen LogP contribution is -2.26. The van der Waals surface area contributed by atoms with E-state index in [-0.39, 0.29) is 12.5 Å². The minimum Gasteiger partial charge on any atom is -0.352 e. The molecule has 0 fully saturated rings. The van der Waals surface area contributed by atoms with Gasteiger partial charge in [0.25, 0.3) is 5.91 Å². The lowest BCUT2D eigenvalue weighted by atomic mass is 10.2. The van der Waals surface area contributed by atoms with E-state index in [0.717, 1.165) is 0 Å². The lowest BCUT2D eigenvalue weighted by Gasteiger charge is -2.04. The summed E-state index contributed by atoms with van der Waals surface area (Å²) in [5.41, 5.74) is 9.25. The molecule has 1 aromatic heterocycles. The number of azide groups is 1. The van der Waals surface area contributed by atoms with Crippen molar-refractivity contribution < 1.29 is 4.79 Å². The number of aryl methyl sites for hydroxylation is 1. The van der Waals surface area contributed by atoms with Gasteiger partial charge in [0.15, 0.2) is 0 Å². The number of rotatable bonds is 4. The normalized spacial score (nSPS) is 9.13. The first kappa shape index (κ1) is 11.0. The van der Waals surface area contributed by atoms with E-state index >= 15 is 0 Å². The van der Waals surface area contributed by atoms with Crippen molar-refractivity contribution in [1.29, 1.82) is 0 Å². The van der Waals surface area contributed by atoms with Crippen LogP contribution < -0.4 is 5.32 Å². The van der Waals surface area contributed by atoms with Crippen LogP contribution in [0.4, 0.5) is 0 Å². The van der Waals surface area contributed by atoms with Gasteiger partial charge < -0.3 is 5.32 Å². The van der Waals surface area contributed by atoms with E-state index < -0.39 is 0 Å². The summed E-state index contributed by atoms with van der Waals surface area (Å²) in [6.07, 6.45) is 1.63. The van der Waals surface area contributed by atoms with Crippen molar-refractivity contribution in [3.63, 3.8) is 0 Å². The summed E-state index contributed by atoms with van der Waals surface area (Å²) in [5, 5.41) is 5.94. The van der Waals surface area contributed by atoms with E-state index in [1.807, 2.05) is 0 Å². The van der Waals surface area contributed by atoms with Crippen LogP contribution >= 0.6 is 0 Å². The fourth-order valence-electron chi connectivity index (χ4n) is 1.08. The van der Waals surface area contributed by atoms with Gasteiger partial charge >= 0.3 is 0 Å². The van der Waals surface area contributed by atoms with Gasteiger partial charge in [0, 0.05) is 29.9 Å². The van der Waals surface area contributed by atoms with Crippen molar-refractivity contribution >= 4 is 5.91 Å². The first-order chi connectivity index (χ1) is 7.25. The van der Waals surface area contributed by atoms with Gasteiger partial charge in [-0.2, -0.15) is 0 Å². The Kier molecular flexibility index (Phi) is 4.12. The second-order valence-electron chi connectivity index (χ2n) is 2.85. The van der Waals surface area contributed by atoms with E-state index in [1.54, 1.807) is 25.3 Å². The van der Waals surface area contributed by atoms with E-state index in [9.17, 15) is 4.79 Å². The summed E-state index contributed by atoms with van der Waals surface area (Å²) < 4.78 is 0. The number of aromatic nitrogens is 1. The number of carbonyl (C=O) groups is 1. The minimum absolute atomic E-state index is 0.200. The summed E-state index contributed by atoms with van der Waals surface area (Å²) in [4.78, 5) is 18.1. The second kappa shape index (κ2) is 5.62. The fraction of sp³-hybridized carbons (Fsp3) is 0.333. The van der Waals surface area contributed by atoms with E-state index in [4.69, 9.17) is 5.53 Å². The number of hydrogen-bond donors (Lipinski definition) is 1. The van der Waals surface area contributed by atoms with E-state index in [1.165, 1.54) is 0 Å². The summed E-state index contributed by atoms with van der Waals surface area (Å²) in [6, 6.07) is 3.40. The second-order valence-corrected chi connectivity index (χ2v) is 2.85. The molecule has 0 saturated carbocycles. The molecule has 0 aliphatic carbocycles. The number of nitrogens with one attached hydrogen (secondary N) is 1. The predicted octanol–water partition coefficient (Wildman–Crippen LogP) is 1.43. The predicted molar refractivity (Wildman–Crippen MR) is 55.3 cm³/mol. The smallest absolute Gasteiger partial charge is 0.253 e. The molecule has 6 heteroatoms. The Morgan fingerprint density at radius 1 is 1.73 bits per heavy atom. The molecule has 0 atom stereocenters. The monoisotopic (exact) mass is 205 g/mol. The molecule has 0 saturated heterocycles. The molecule has 0 spiro atoms. The van der Waals surface area contributed by atoms with Crippen molar-refractivity contribution in [2.75, 3.05) is 13.1 Å². The SMILES string of the molecule is Cc1ncccc1C(=O)NCCN=[N+]=[N-]. The zero-order valence-electron chi connectivity index (χ0n) is 8.34. The highest BCUT2D eigenvalue weighted by Crippen LogP contribution is 2.02. The third-order valence-electron chi connectivity index (χ3n) is 1.81. The molecule has 0 unspecified atom stereocenters. The Bertz CT molecular complexity index is 397. The van der Waals surface area contributed by atoms with Crippen LogP contribution in [0.3, 0.4) is 0 Å². The van der Waals surface area contributed by atoms with E-state index in [2.05, 4.69) is 20.3 Å². The molecule has 1 rings (SSSR count). The van der Waals surface area contributed by atoms with Crippen LogP contribution in [0.25, 0.3) is 10.4 Å². The quantitative estimate of drug-likeness (QED) is 0.348. The van der Waals surface area contributed by atoms with E-state index in [0.29, 0.717) is 17.8 Å². The van der Waals surface area contributed by atoms with Crippen LogP contribution in [0.15, 0.2) is 23.4 Å². The third kappa shape index (κ3) is 3.28. The first-order valence-corrected chi connectivity index (χ1v) is 4.46. The Labute approximate surface area is 87.0 Å². The largest absolute Gasteiger partial charge is 0.352 e. The zero-order chi connectivity index (χ0) is 11.1. The maximum atomic E-state index is 11.5. The van der Waals surface area contributed by atoms with Gasteiger partial charge in [0.1, 0.15) is 0 Å². The highest BCUT2D eigenvalue weighted by atomic mass is 16.1. The van der Waals surface area contributed by atoms with Crippen molar-refractivity contribution in [3.8, 4) is 0 Å². The molecule has 78 valence electrons. The Morgan fingerprint density at radius 2 is 2.53 bits per heavy atom. The molecule has 1 aromatic rings. The molecule has 0 bridgehead atoms. The lowest BCUT2D eigenvalue weighted by molar-refractivity contribution is 0.0954. The van der Waals surface area contributed by atoms with Gasteiger partial charge in [-0.05, 0) is 24.6 Å². The number of nitrogens with zero attached hydrogens (tertiary/aromatic N) is 4. The molecule has 0 aromatic carbocycles. The summed E-state index contributed by atoms with van der Waals surface area (Å²) >= 11 is 0. The van der Waals surface area contributed by atoms with Gasteiger partial charge in [-0.3, -0.25) is 9.78 Å². The van der Waals surface area contributed by atoms with Crippen molar-refractivity contribution in [2.24, 2.45) is 5.11 Å². The molecule has 15 heavy (non-hydrogen) atoms. The van der Waals surface area contributed by atoms with Crippen molar-refractivity contribution in [2.45, 2.75) is 6.92 Å². The molecule has 1 amide bonds. The Hall–Kier alpha value is -2.07. The fourth-order valence-corrected chi connectivity index (χ4v) is 1.08. The van der Waals surface area contributed by atoms with Crippen LogP contribution in [-0.4, -0.2) is 24.0 Å². The minimum atomic E-state index is -0.200. The maximum absolute atomic E-state index is 11.5. The van der Waals surface area contributed by atoms with Crippen LogP contribution in [-0.2, 0) is 0 Å². The Balaban J connectivity index is 2.54. The van der Waals surface area contributed by atoms with Gasteiger partial charge in [-0.25, -0.2) is 0 Å². The highest BCUT2D eigenvalue weighted by Gasteiger charge is 2.07. The number of carbonyl (C=O) groups excluding carboxylic acids is 1. The first-order valence-electron chi connectivity index (χ1n) is 4.46. The molecule has 0 aliphatic rings. The van der Waals surface area contributed by atoms with Gasteiger partial charge in [-0.15, -0.1) is 0 Å². The van der Waals surface area contributed by atoms with Gasteiger partial charge in [0.2, 0.25) is 0 Å². The maximum Gasteiger partial charge on any atom is 0.253 e. The van der Waals surface area contributed by atoms with Crippen LogP contribution in [0, 0.1) is 6.92 Å². The van der Waals surface area contributed by atoms with Crippen molar-refractivity contribution in [3.05, 3.63) is 40.0 Å². The molecular formula is C9H11N5O. The molecule has 6 nitrogen and oxygen atoms in total. The molecular weight excluding hydrogens is 194 g/mol. The average molecular weight is 205 g/mol. The summed E-state index contributed by atoms with van der Waals surface area (Å²) in [7, 11) is 0. The number of amides is 1.